The highest BCUT2D eigenvalue weighted by Crippen LogP contribution is 2.26. The van der Waals surface area contributed by atoms with Gasteiger partial charge in [0.05, 0.1) is 9.30 Å². The van der Waals surface area contributed by atoms with Crippen molar-refractivity contribution in [1.82, 2.24) is 4.98 Å². The lowest BCUT2D eigenvalue weighted by atomic mass is 10.2. The number of rotatable bonds is 3. The Labute approximate surface area is 98.9 Å². The second kappa shape index (κ2) is 4.53. The van der Waals surface area contributed by atoms with E-state index in [0.717, 1.165) is 15.1 Å². The number of hydrogen-bond donors (Lipinski definition) is 1. The van der Waals surface area contributed by atoms with Crippen LogP contribution in [0.3, 0.4) is 0 Å². The van der Waals surface area contributed by atoms with Crippen molar-refractivity contribution < 1.29 is 0 Å². The standard InChI is InChI=1S/C9H9BrN2S2/c10-9-2-1-6(14-9)3-7(11)8-4-12-5-13-8/h1-2,4-5,7H,3,11H2. The predicted molar refractivity (Wildman–Crippen MR) is 64.8 cm³/mol. The largest absolute Gasteiger partial charge is 0.323 e. The molecule has 74 valence electrons. The van der Waals surface area contributed by atoms with Crippen LogP contribution >= 0.6 is 38.6 Å². The highest BCUT2D eigenvalue weighted by molar-refractivity contribution is 9.11. The Kier molecular flexibility index (Phi) is 3.33. The van der Waals surface area contributed by atoms with E-state index in [1.54, 1.807) is 22.7 Å². The molecule has 0 saturated heterocycles. The maximum atomic E-state index is 6.04. The summed E-state index contributed by atoms with van der Waals surface area (Å²) in [5, 5.41) is 0. The van der Waals surface area contributed by atoms with E-state index in [9.17, 15) is 0 Å². The van der Waals surface area contributed by atoms with Crippen molar-refractivity contribution >= 4 is 38.6 Å². The highest BCUT2D eigenvalue weighted by atomic mass is 79.9. The lowest BCUT2D eigenvalue weighted by molar-refractivity contribution is 0.743. The number of nitrogens with zero attached hydrogens (tertiary/aromatic N) is 1. The van der Waals surface area contributed by atoms with Gasteiger partial charge in [0.2, 0.25) is 0 Å². The molecule has 2 aromatic heterocycles. The van der Waals surface area contributed by atoms with E-state index in [2.05, 4.69) is 33.0 Å². The highest BCUT2D eigenvalue weighted by Gasteiger charge is 2.09. The molecule has 0 fully saturated rings. The minimum Gasteiger partial charge on any atom is -0.323 e. The number of aromatic nitrogens is 1. The molecule has 2 aromatic rings. The summed E-state index contributed by atoms with van der Waals surface area (Å²) in [6.45, 7) is 0. The van der Waals surface area contributed by atoms with Crippen LogP contribution in [0.1, 0.15) is 15.8 Å². The van der Waals surface area contributed by atoms with Crippen LogP contribution < -0.4 is 5.73 Å². The Morgan fingerprint density at radius 1 is 1.50 bits per heavy atom. The third kappa shape index (κ3) is 2.42. The number of thiophene rings is 1. The Hall–Kier alpha value is -0.230. The molecular formula is C9H9BrN2S2. The Balaban J connectivity index is 2.05. The van der Waals surface area contributed by atoms with Gasteiger partial charge in [0, 0.05) is 28.4 Å². The topological polar surface area (TPSA) is 38.9 Å². The molecule has 14 heavy (non-hydrogen) atoms. The fourth-order valence-corrected chi connectivity index (χ4v) is 3.35. The van der Waals surface area contributed by atoms with Crippen molar-refractivity contribution in [3.05, 3.63) is 37.4 Å². The molecule has 2 heterocycles. The normalized spacial score (nSPS) is 13.0. The Bertz CT molecular complexity index is 397. The SMILES string of the molecule is NC(Cc1ccc(Br)s1)c1cncs1. The molecule has 0 saturated carbocycles. The number of halogens is 1. The summed E-state index contributed by atoms with van der Waals surface area (Å²) in [7, 11) is 0. The first-order valence-corrected chi connectivity index (χ1v) is 6.63. The lowest BCUT2D eigenvalue weighted by Gasteiger charge is -2.06. The van der Waals surface area contributed by atoms with E-state index in [1.165, 1.54) is 4.88 Å². The first-order valence-electron chi connectivity index (χ1n) is 4.14. The molecule has 0 radical (unpaired) electrons. The van der Waals surface area contributed by atoms with Crippen LogP contribution in [0, 0.1) is 0 Å². The monoisotopic (exact) mass is 288 g/mol. The zero-order valence-corrected chi connectivity index (χ0v) is 10.5. The van der Waals surface area contributed by atoms with Gasteiger partial charge in [-0.25, -0.2) is 0 Å². The number of hydrogen-bond acceptors (Lipinski definition) is 4. The molecule has 0 spiro atoms. The van der Waals surface area contributed by atoms with Gasteiger partial charge in [0.1, 0.15) is 0 Å². The molecule has 1 unspecified atom stereocenters. The molecule has 2 N–H and O–H groups in total. The van der Waals surface area contributed by atoms with Gasteiger partial charge in [-0.1, -0.05) is 0 Å². The minimum atomic E-state index is 0.0769. The number of nitrogens with two attached hydrogens (primary N) is 1. The molecule has 0 aromatic carbocycles. The molecule has 0 aliphatic carbocycles. The minimum absolute atomic E-state index is 0.0769. The third-order valence-corrected chi connectivity index (χ3v) is 4.42. The van der Waals surface area contributed by atoms with E-state index < -0.39 is 0 Å². The van der Waals surface area contributed by atoms with E-state index in [-0.39, 0.29) is 6.04 Å². The first kappa shape index (κ1) is 10.3. The Morgan fingerprint density at radius 3 is 2.93 bits per heavy atom. The van der Waals surface area contributed by atoms with Gasteiger partial charge in [-0.15, -0.1) is 22.7 Å². The van der Waals surface area contributed by atoms with Crippen LogP contribution in [0.25, 0.3) is 0 Å². The summed E-state index contributed by atoms with van der Waals surface area (Å²) >= 11 is 6.79. The molecule has 0 amide bonds. The molecule has 0 aliphatic rings. The summed E-state index contributed by atoms with van der Waals surface area (Å²) in [4.78, 5) is 6.47. The molecule has 2 nitrogen and oxygen atoms in total. The van der Waals surface area contributed by atoms with E-state index in [1.807, 2.05) is 11.7 Å². The molecule has 0 bridgehead atoms. The summed E-state index contributed by atoms with van der Waals surface area (Å²) in [6, 6.07) is 4.24. The zero-order valence-electron chi connectivity index (χ0n) is 7.31. The van der Waals surface area contributed by atoms with Crippen molar-refractivity contribution in [3.63, 3.8) is 0 Å². The van der Waals surface area contributed by atoms with Gasteiger partial charge in [0.15, 0.2) is 0 Å². The zero-order chi connectivity index (χ0) is 9.97. The average Bonchev–Trinajstić information content (AvgIpc) is 2.75. The molecule has 1 atom stereocenters. The maximum absolute atomic E-state index is 6.04. The van der Waals surface area contributed by atoms with Crippen LogP contribution in [-0.2, 0) is 6.42 Å². The maximum Gasteiger partial charge on any atom is 0.0794 e. The van der Waals surface area contributed by atoms with Gasteiger partial charge in [-0.2, -0.15) is 0 Å². The van der Waals surface area contributed by atoms with E-state index in [4.69, 9.17) is 5.73 Å². The second-order valence-corrected chi connectivity index (χ2v) is 6.39. The fourth-order valence-electron chi connectivity index (χ4n) is 1.19. The molecular weight excluding hydrogens is 280 g/mol. The van der Waals surface area contributed by atoms with Crippen molar-refractivity contribution in [3.8, 4) is 0 Å². The first-order chi connectivity index (χ1) is 6.75. The Morgan fingerprint density at radius 2 is 2.36 bits per heavy atom. The van der Waals surface area contributed by atoms with Crippen molar-refractivity contribution in [2.75, 3.05) is 0 Å². The second-order valence-electron chi connectivity index (χ2n) is 2.92. The van der Waals surface area contributed by atoms with Crippen LogP contribution in [0.5, 0.6) is 0 Å². The van der Waals surface area contributed by atoms with Gasteiger partial charge in [-0.05, 0) is 28.1 Å². The lowest BCUT2D eigenvalue weighted by Crippen LogP contribution is -2.10. The van der Waals surface area contributed by atoms with Gasteiger partial charge in [0.25, 0.3) is 0 Å². The molecule has 0 aliphatic heterocycles. The smallest absolute Gasteiger partial charge is 0.0794 e. The van der Waals surface area contributed by atoms with Gasteiger partial charge >= 0.3 is 0 Å². The summed E-state index contributed by atoms with van der Waals surface area (Å²) in [5.41, 5.74) is 7.86. The average molecular weight is 289 g/mol. The molecule has 5 heteroatoms. The predicted octanol–water partition coefficient (Wildman–Crippen LogP) is 3.21. The summed E-state index contributed by atoms with van der Waals surface area (Å²) in [6.07, 6.45) is 2.73. The number of thiazole rings is 1. The summed E-state index contributed by atoms with van der Waals surface area (Å²) in [5.74, 6) is 0. The van der Waals surface area contributed by atoms with Crippen LogP contribution in [0.4, 0.5) is 0 Å². The van der Waals surface area contributed by atoms with Gasteiger partial charge in [-0.3, -0.25) is 4.98 Å². The third-order valence-electron chi connectivity index (χ3n) is 1.87. The summed E-state index contributed by atoms with van der Waals surface area (Å²) < 4.78 is 1.16. The van der Waals surface area contributed by atoms with Crippen LogP contribution in [0.15, 0.2) is 27.6 Å². The van der Waals surface area contributed by atoms with Gasteiger partial charge < -0.3 is 5.73 Å². The quantitative estimate of drug-likeness (QED) is 0.942. The fraction of sp³-hybridized carbons (Fsp3) is 0.222. The van der Waals surface area contributed by atoms with Crippen LogP contribution in [0.2, 0.25) is 0 Å². The molecule has 2 rings (SSSR count). The van der Waals surface area contributed by atoms with Crippen molar-refractivity contribution in [2.45, 2.75) is 12.5 Å². The van der Waals surface area contributed by atoms with E-state index in [0.29, 0.717) is 0 Å². The van der Waals surface area contributed by atoms with Crippen LogP contribution in [-0.4, -0.2) is 4.98 Å². The van der Waals surface area contributed by atoms with Crippen molar-refractivity contribution in [2.24, 2.45) is 5.73 Å². The van der Waals surface area contributed by atoms with Crippen molar-refractivity contribution in [1.29, 1.82) is 0 Å². The van der Waals surface area contributed by atoms with E-state index >= 15 is 0 Å².